The average molecular weight is 393 g/mol. The van der Waals surface area contributed by atoms with E-state index in [1.807, 2.05) is 6.92 Å². The zero-order chi connectivity index (χ0) is 17.0. The lowest BCUT2D eigenvalue weighted by Crippen LogP contribution is -2.31. The number of nitrogens with one attached hydrogen (secondary N) is 2. The first-order valence-electron chi connectivity index (χ1n) is 7.46. The van der Waals surface area contributed by atoms with Gasteiger partial charge in [-0.25, -0.2) is 0 Å². The van der Waals surface area contributed by atoms with E-state index in [4.69, 9.17) is 12.2 Å². The van der Waals surface area contributed by atoms with E-state index in [1.54, 1.807) is 6.21 Å². The minimum absolute atomic E-state index is 0.529. The Morgan fingerprint density at radius 1 is 1.30 bits per heavy atom. The quantitative estimate of drug-likeness (QED) is 0.469. The van der Waals surface area contributed by atoms with E-state index in [-0.39, 0.29) is 0 Å². The molecule has 0 aliphatic heterocycles. The summed E-state index contributed by atoms with van der Waals surface area (Å²) < 4.78 is 3.34. The van der Waals surface area contributed by atoms with Gasteiger partial charge in [-0.3, -0.25) is 5.43 Å². The third-order valence-corrected chi connectivity index (χ3v) is 4.70. The molecule has 0 saturated carbocycles. The molecule has 0 unspecified atom stereocenters. The number of hydrogen-bond donors (Lipinski definition) is 2. The molecule has 23 heavy (non-hydrogen) atoms. The van der Waals surface area contributed by atoms with Crippen molar-refractivity contribution in [3.05, 3.63) is 51.3 Å². The molecule has 6 heteroatoms. The zero-order valence-electron chi connectivity index (χ0n) is 13.8. The second kappa shape index (κ2) is 7.75. The lowest BCUT2D eigenvalue weighted by Gasteiger charge is -2.11. The maximum atomic E-state index is 5.09. The Labute approximate surface area is 151 Å². The first-order valence-corrected chi connectivity index (χ1v) is 8.66. The van der Waals surface area contributed by atoms with Crippen LogP contribution in [0.4, 0.5) is 0 Å². The van der Waals surface area contributed by atoms with Gasteiger partial charge in [0.1, 0.15) is 0 Å². The van der Waals surface area contributed by atoms with Crippen LogP contribution in [0.2, 0.25) is 0 Å². The molecule has 0 atom stereocenters. The van der Waals surface area contributed by atoms with Crippen LogP contribution in [-0.2, 0) is 0 Å². The minimum atomic E-state index is 0.529. The Morgan fingerprint density at radius 3 is 2.70 bits per heavy atom. The lowest BCUT2D eigenvalue weighted by atomic mass is 10.2. The largest absolute Gasteiger partial charge is 0.362 e. The fourth-order valence-corrected chi connectivity index (χ4v) is 2.89. The Hall–Kier alpha value is -1.66. The van der Waals surface area contributed by atoms with Crippen molar-refractivity contribution in [2.24, 2.45) is 5.10 Å². The molecule has 0 aliphatic rings. The molecule has 0 fully saturated rings. The van der Waals surface area contributed by atoms with Gasteiger partial charge >= 0.3 is 0 Å². The number of benzene rings is 1. The number of thiocarbonyl (C=S) groups is 1. The number of rotatable bonds is 4. The summed E-state index contributed by atoms with van der Waals surface area (Å²) in [5.41, 5.74) is 8.55. The smallest absolute Gasteiger partial charge is 0.186 e. The summed E-state index contributed by atoms with van der Waals surface area (Å²) in [6, 6.07) is 8.47. The number of hydrazone groups is 1. The Balaban J connectivity index is 2.27. The summed E-state index contributed by atoms with van der Waals surface area (Å²) in [6.45, 7) is 9.05. The van der Waals surface area contributed by atoms with Crippen molar-refractivity contribution < 1.29 is 0 Å². The predicted octanol–water partition coefficient (Wildman–Crippen LogP) is 3.98. The van der Waals surface area contributed by atoms with Crippen molar-refractivity contribution >= 4 is 39.5 Å². The first-order chi connectivity index (χ1) is 10.9. The molecule has 0 radical (unpaired) electrons. The molecule has 0 saturated heterocycles. The molecule has 2 aromatic rings. The van der Waals surface area contributed by atoms with Crippen LogP contribution in [0.3, 0.4) is 0 Å². The van der Waals surface area contributed by atoms with Gasteiger partial charge in [0.15, 0.2) is 5.11 Å². The molecular weight excluding hydrogens is 372 g/mol. The Kier molecular flexibility index (Phi) is 5.96. The summed E-state index contributed by atoms with van der Waals surface area (Å²) in [7, 11) is 0. The number of halogens is 1. The van der Waals surface area contributed by atoms with Crippen molar-refractivity contribution in [2.45, 2.75) is 27.7 Å². The highest BCUT2D eigenvalue weighted by molar-refractivity contribution is 9.10. The number of aromatic nitrogens is 1. The topological polar surface area (TPSA) is 41.4 Å². The summed E-state index contributed by atoms with van der Waals surface area (Å²) in [5, 5.41) is 7.73. The average Bonchev–Trinajstić information content (AvgIpc) is 2.77. The summed E-state index contributed by atoms with van der Waals surface area (Å²) in [6.07, 6.45) is 1.80. The molecule has 4 nitrogen and oxygen atoms in total. The monoisotopic (exact) mass is 392 g/mol. The Bertz CT molecular complexity index is 749. The van der Waals surface area contributed by atoms with E-state index in [2.05, 4.69) is 81.4 Å². The van der Waals surface area contributed by atoms with Gasteiger partial charge in [0.05, 0.1) is 6.21 Å². The van der Waals surface area contributed by atoms with E-state index >= 15 is 0 Å². The highest BCUT2D eigenvalue weighted by Gasteiger charge is 2.10. The molecule has 122 valence electrons. The second-order valence-corrected chi connectivity index (χ2v) is 6.59. The maximum Gasteiger partial charge on any atom is 0.186 e. The van der Waals surface area contributed by atoms with Gasteiger partial charge in [0, 0.05) is 33.7 Å². The highest BCUT2D eigenvalue weighted by atomic mass is 79.9. The van der Waals surface area contributed by atoms with Crippen molar-refractivity contribution in [1.82, 2.24) is 15.3 Å². The first kappa shape index (κ1) is 17.7. The zero-order valence-corrected chi connectivity index (χ0v) is 16.2. The van der Waals surface area contributed by atoms with Gasteiger partial charge in [-0.1, -0.05) is 15.9 Å². The molecule has 0 aliphatic carbocycles. The van der Waals surface area contributed by atoms with Crippen LogP contribution in [0, 0.1) is 20.8 Å². The van der Waals surface area contributed by atoms with Crippen LogP contribution in [-0.4, -0.2) is 22.4 Å². The normalized spacial score (nSPS) is 11.0. The molecule has 2 rings (SSSR count). The van der Waals surface area contributed by atoms with E-state index < -0.39 is 0 Å². The molecule has 0 amide bonds. The molecule has 1 heterocycles. The fourth-order valence-electron chi connectivity index (χ4n) is 2.44. The van der Waals surface area contributed by atoms with Gasteiger partial charge in [0.2, 0.25) is 0 Å². The van der Waals surface area contributed by atoms with Gasteiger partial charge in [-0.15, -0.1) is 0 Å². The van der Waals surface area contributed by atoms with E-state index in [0.717, 1.165) is 28.0 Å². The number of nitrogens with zero attached hydrogens (tertiary/aromatic N) is 2. The second-order valence-electron chi connectivity index (χ2n) is 5.32. The van der Waals surface area contributed by atoms with Crippen molar-refractivity contribution in [3.8, 4) is 5.69 Å². The number of hydrogen-bond acceptors (Lipinski definition) is 2. The van der Waals surface area contributed by atoms with Crippen LogP contribution in [0.5, 0.6) is 0 Å². The van der Waals surface area contributed by atoms with Gasteiger partial charge in [0.25, 0.3) is 0 Å². The standard InChI is InChI=1S/C17H21BrN4S/c1-5-19-17(23)21-20-10-14-9-12(3)22(13(14)4)15-6-7-16(18)11(2)8-15/h6-10H,5H2,1-4H3,(H2,19,21,23)/b20-10-. The van der Waals surface area contributed by atoms with Crippen molar-refractivity contribution in [3.63, 3.8) is 0 Å². The summed E-state index contributed by atoms with van der Waals surface area (Å²) >= 11 is 8.64. The van der Waals surface area contributed by atoms with Crippen LogP contribution in [0.25, 0.3) is 5.69 Å². The molecule has 1 aromatic carbocycles. The van der Waals surface area contributed by atoms with Crippen LogP contribution >= 0.6 is 28.1 Å². The molecule has 1 aromatic heterocycles. The number of aryl methyl sites for hydroxylation is 2. The molecule has 2 N–H and O–H groups in total. The van der Waals surface area contributed by atoms with Crippen LogP contribution in [0.1, 0.15) is 29.4 Å². The van der Waals surface area contributed by atoms with Gasteiger partial charge in [-0.05, 0) is 69.7 Å². The highest BCUT2D eigenvalue weighted by Crippen LogP contribution is 2.24. The van der Waals surface area contributed by atoms with E-state index in [1.165, 1.54) is 11.3 Å². The predicted molar refractivity (Wildman–Crippen MR) is 105 cm³/mol. The van der Waals surface area contributed by atoms with Crippen LogP contribution in [0.15, 0.2) is 33.8 Å². The third-order valence-electron chi connectivity index (χ3n) is 3.58. The van der Waals surface area contributed by atoms with Gasteiger partial charge < -0.3 is 9.88 Å². The minimum Gasteiger partial charge on any atom is -0.362 e. The van der Waals surface area contributed by atoms with E-state index in [0.29, 0.717) is 5.11 Å². The van der Waals surface area contributed by atoms with E-state index in [9.17, 15) is 0 Å². The SMILES string of the molecule is CCNC(=S)N/N=C\c1cc(C)n(-c2ccc(Br)c(C)c2)c1C. The Morgan fingerprint density at radius 2 is 2.04 bits per heavy atom. The molecule has 0 spiro atoms. The van der Waals surface area contributed by atoms with Gasteiger partial charge in [-0.2, -0.15) is 5.10 Å². The maximum absolute atomic E-state index is 5.09. The lowest BCUT2D eigenvalue weighted by molar-refractivity contribution is 0.903. The fraction of sp³-hybridized carbons (Fsp3) is 0.294. The summed E-state index contributed by atoms with van der Waals surface area (Å²) in [4.78, 5) is 0. The summed E-state index contributed by atoms with van der Waals surface area (Å²) in [5.74, 6) is 0. The van der Waals surface area contributed by atoms with Crippen molar-refractivity contribution in [2.75, 3.05) is 6.54 Å². The molecular formula is C17H21BrN4S. The molecule has 0 bridgehead atoms. The third kappa shape index (κ3) is 4.20. The van der Waals surface area contributed by atoms with Crippen LogP contribution < -0.4 is 10.7 Å². The van der Waals surface area contributed by atoms with Crippen molar-refractivity contribution in [1.29, 1.82) is 0 Å².